The average Bonchev–Trinajstić information content (AvgIpc) is 3.47. The number of thioether (sulfide) groups is 1. The number of amides is 2. The number of fused-ring (bicyclic) bond motifs is 1. The third kappa shape index (κ3) is 5.18. The Bertz CT molecular complexity index is 1140. The Morgan fingerprint density at radius 3 is 2.62 bits per heavy atom. The van der Waals surface area contributed by atoms with Crippen LogP contribution in [0.3, 0.4) is 0 Å². The summed E-state index contributed by atoms with van der Waals surface area (Å²) in [6.07, 6.45) is 7.86. The van der Waals surface area contributed by atoms with Gasteiger partial charge in [0.1, 0.15) is 12.6 Å². The molecule has 1 aromatic carbocycles. The molecule has 3 aliphatic rings. The van der Waals surface area contributed by atoms with Crippen molar-refractivity contribution in [2.45, 2.75) is 74.8 Å². The van der Waals surface area contributed by atoms with Gasteiger partial charge in [-0.05, 0) is 63.6 Å². The zero-order valence-corrected chi connectivity index (χ0v) is 24.3. The van der Waals surface area contributed by atoms with Gasteiger partial charge in [0, 0.05) is 30.1 Å². The van der Waals surface area contributed by atoms with Gasteiger partial charge in [-0.25, -0.2) is 0 Å². The number of carbonyl (C=O) groups is 3. The second-order valence-corrected chi connectivity index (χ2v) is 13.2. The Morgan fingerprint density at radius 1 is 1.18 bits per heavy atom. The standard InChI is InChI=1S/C31H42N2O5S/c1-6-16-32(23-20-21(3)12-13-22(23)4)28(36)26-31-15-14-30(5,39-31)25(29(37)38-19-7-2)24(31)27(35)33(26)17-10-8-9-11-18-34/h6-7,12-13,20,24-26,34H,1-2,8-11,14-19H2,3-5H3/t24-,25+,26?,30-,31?/m0/s1. The quantitative estimate of drug-likeness (QED) is 0.218. The molecule has 1 aromatic rings. The van der Waals surface area contributed by atoms with Crippen LogP contribution in [0.1, 0.15) is 56.6 Å². The first-order chi connectivity index (χ1) is 18.6. The Balaban J connectivity index is 1.75. The van der Waals surface area contributed by atoms with Crippen LogP contribution in [0, 0.1) is 25.7 Å². The van der Waals surface area contributed by atoms with Crippen LogP contribution in [0.15, 0.2) is 43.5 Å². The molecule has 3 fully saturated rings. The SMILES string of the molecule is C=CCOC(=O)[C@H]1[C@H]2C(=O)N(CCCCCCO)C(C(=O)N(CC=C)c3cc(C)ccc3C)C23CC[C@]1(C)S3. The van der Waals surface area contributed by atoms with Crippen molar-refractivity contribution >= 4 is 35.2 Å². The maximum atomic E-state index is 14.7. The zero-order chi connectivity index (χ0) is 28.4. The molecular formula is C31H42N2O5S. The molecule has 2 bridgehead atoms. The molecule has 0 radical (unpaired) electrons. The molecule has 39 heavy (non-hydrogen) atoms. The van der Waals surface area contributed by atoms with Crippen LogP contribution >= 0.6 is 11.8 Å². The van der Waals surface area contributed by atoms with E-state index in [0.29, 0.717) is 25.9 Å². The first-order valence-electron chi connectivity index (χ1n) is 14.0. The van der Waals surface area contributed by atoms with Crippen LogP contribution in [0.25, 0.3) is 0 Å². The van der Waals surface area contributed by atoms with E-state index in [2.05, 4.69) is 13.2 Å². The minimum Gasteiger partial charge on any atom is -0.461 e. The number of rotatable bonds is 13. The number of aliphatic hydroxyl groups is 1. The fourth-order valence-corrected chi connectivity index (χ4v) is 9.21. The second-order valence-electron chi connectivity index (χ2n) is 11.3. The van der Waals surface area contributed by atoms with Crippen LogP contribution in [-0.4, -0.2) is 69.6 Å². The average molecular weight is 555 g/mol. The van der Waals surface area contributed by atoms with E-state index in [1.807, 2.05) is 39.0 Å². The van der Waals surface area contributed by atoms with Crippen molar-refractivity contribution in [2.75, 3.05) is 31.2 Å². The maximum Gasteiger partial charge on any atom is 0.311 e. The van der Waals surface area contributed by atoms with Crippen molar-refractivity contribution in [3.8, 4) is 0 Å². The molecule has 0 saturated carbocycles. The van der Waals surface area contributed by atoms with Gasteiger partial charge in [-0.1, -0.05) is 43.7 Å². The minimum absolute atomic E-state index is 0.0979. The van der Waals surface area contributed by atoms with Crippen LogP contribution in [0.4, 0.5) is 5.69 Å². The highest BCUT2D eigenvalue weighted by molar-refractivity contribution is 8.02. The monoisotopic (exact) mass is 554 g/mol. The van der Waals surface area contributed by atoms with Crippen molar-refractivity contribution < 1.29 is 24.2 Å². The van der Waals surface area contributed by atoms with Gasteiger partial charge in [-0.2, -0.15) is 0 Å². The molecule has 3 aliphatic heterocycles. The van der Waals surface area contributed by atoms with Crippen LogP contribution < -0.4 is 4.90 Å². The van der Waals surface area contributed by atoms with E-state index >= 15 is 0 Å². The molecule has 8 heteroatoms. The van der Waals surface area contributed by atoms with Gasteiger partial charge in [0.25, 0.3) is 5.91 Å². The predicted molar refractivity (Wildman–Crippen MR) is 156 cm³/mol. The summed E-state index contributed by atoms with van der Waals surface area (Å²) in [5, 5.41) is 9.17. The Morgan fingerprint density at radius 2 is 1.92 bits per heavy atom. The molecule has 4 rings (SSSR count). The molecular weight excluding hydrogens is 512 g/mol. The highest BCUT2D eigenvalue weighted by Crippen LogP contribution is 2.71. The number of ether oxygens (including phenoxy) is 1. The van der Waals surface area contributed by atoms with Crippen molar-refractivity contribution in [1.29, 1.82) is 0 Å². The molecule has 0 aliphatic carbocycles. The van der Waals surface area contributed by atoms with Gasteiger partial charge in [0.05, 0.1) is 16.6 Å². The summed E-state index contributed by atoms with van der Waals surface area (Å²) in [6.45, 7) is 14.6. The lowest BCUT2D eigenvalue weighted by atomic mass is 9.66. The van der Waals surface area contributed by atoms with Gasteiger partial charge in [0.2, 0.25) is 5.91 Å². The lowest BCUT2D eigenvalue weighted by molar-refractivity contribution is -0.154. The van der Waals surface area contributed by atoms with Gasteiger partial charge >= 0.3 is 5.97 Å². The van der Waals surface area contributed by atoms with Crippen molar-refractivity contribution in [3.63, 3.8) is 0 Å². The number of anilines is 1. The van der Waals surface area contributed by atoms with Crippen molar-refractivity contribution in [1.82, 2.24) is 4.90 Å². The summed E-state index contributed by atoms with van der Waals surface area (Å²) >= 11 is 1.66. The van der Waals surface area contributed by atoms with Gasteiger partial charge in [0.15, 0.2) is 0 Å². The van der Waals surface area contributed by atoms with Crippen molar-refractivity contribution in [2.24, 2.45) is 11.8 Å². The first-order valence-corrected chi connectivity index (χ1v) is 14.9. The second kappa shape index (κ2) is 11.9. The summed E-state index contributed by atoms with van der Waals surface area (Å²) in [4.78, 5) is 45.8. The van der Waals surface area contributed by atoms with E-state index in [0.717, 1.165) is 42.5 Å². The molecule has 1 spiro atoms. The van der Waals surface area contributed by atoms with Gasteiger partial charge in [-0.15, -0.1) is 18.3 Å². The van der Waals surface area contributed by atoms with Crippen LogP contribution in [0.5, 0.6) is 0 Å². The third-order valence-electron chi connectivity index (χ3n) is 8.65. The normalized spacial score (nSPS) is 28.9. The number of unbranched alkanes of at least 4 members (excludes halogenated alkanes) is 3. The number of hydrogen-bond acceptors (Lipinski definition) is 6. The van der Waals surface area contributed by atoms with Crippen molar-refractivity contribution in [3.05, 3.63) is 54.6 Å². The summed E-state index contributed by atoms with van der Waals surface area (Å²) in [5.74, 6) is -1.82. The Hall–Kier alpha value is -2.58. The van der Waals surface area contributed by atoms with E-state index in [-0.39, 0.29) is 31.0 Å². The summed E-state index contributed by atoms with van der Waals surface area (Å²) < 4.78 is 4.36. The molecule has 2 unspecified atom stereocenters. The maximum absolute atomic E-state index is 14.7. The number of carbonyl (C=O) groups excluding carboxylic acids is 3. The van der Waals surface area contributed by atoms with E-state index in [4.69, 9.17) is 9.84 Å². The summed E-state index contributed by atoms with van der Waals surface area (Å²) in [6, 6.07) is 5.36. The molecule has 2 amide bonds. The lowest BCUT2D eigenvalue weighted by Crippen LogP contribution is -2.55. The molecule has 212 valence electrons. The van der Waals surface area contributed by atoms with Gasteiger partial charge < -0.3 is 19.6 Å². The Labute approximate surface area is 236 Å². The number of aliphatic hydroxyl groups excluding tert-OH is 1. The predicted octanol–water partition coefficient (Wildman–Crippen LogP) is 4.59. The lowest BCUT2D eigenvalue weighted by Gasteiger charge is -2.37. The number of benzene rings is 1. The number of esters is 1. The summed E-state index contributed by atoms with van der Waals surface area (Å²) in [7, 11) is 0. The summed E-state index contributed by atoms with van der Waals surface area (Å²) in [5.41, 5.74) is 2.84. The van der Waals surface area contributed by atoms with E-state index in [1.165, 1.54) is 6.08 Å². The third-order valence-corrected chi connectivity index (χ3v) is 10.6. The number of aryl methyl sites for hydroxylation is 2. The van der Waals surface area contributed by atoms with E-state index < -0.39 is 27.4 Å². The molecule has 0 aromatic heterocycles. The highest BCUT2D eigenvalue weighted by Gasteiger charge is 2.77. The molecule has 7 nitrogen and oxygen atoms in total. The first kappa shape index (κ1) is 29.4. The number of nitrogens with zero attached hydrogens (tertiary/aromatic N) is 2. The van der Waals surface area contributed by atoms with Gasteiger partial charge in [-0.3, -0.25) is 14.4 Å². The molecule has 1 N–H and O–H groups in total. The Kier molecular flexibility index (Phi) is 8.96. The fourth-order valence-electron chi connectivity index (χ4n) is 6.88. The van der Waals surface area contributed by atoms with E-state index in [1.54, 1.807) is 27.6 Å². The largest absolute Gasteiger partial charge is 0.461 e. The van der Waals surface area contributed by atoms with Crippen LogP contribution in [0.2, 0.25) is 0 Å². The highest BCUT2D eigenvalue weighted by atomic mass is 32.2. The molecule has 5 atom stereocenters. The number of hydrogen-bond donors (Lipinski definition) is 1. The van der Waals surface area contributed by atoms with E-state index in [9.17, 15) is 14.4 Å². The van der Waals surface area contributed by atoms with Crippen LogP contribution in [-0.2, 0) is 19.1 Å². The zero-order valence-electron chi connectivity index (χ0n) is 23.5. The smallest absolute Gasteiger partial charge is 0.311 e. The molecule has 3 saturated heterocycles. The topological polar surface area (TPSA) is 87.1 Å². The fraction of sp³-hybridized carbons (Fsp3) is 0.581. The molecule has 3 heterocycles. The minimum atomic E-state index is -0.691. The number of likely N-dealkylation sites (tertiary alicyclic amines) is 1.